The summed E-state index contributed by atoms with van der Waals surface area (Å²) in [6.45, 7) is 0. The van der Waals surface area contributed by atoms with Gasteiger partial charge in [0.1, 0.15) is 5.82 Å². The lowest BCUT2D eigenvalue weighted by atomic mass is 10.1. The highest BCUT2D eigenvalue weighted by atomic mass is 19.4. The van der Waals surface area contributed by atoms with Gasteiger partial charge in [-0.25, -0.2) is 4.39 Å². The van der Waals surface area contributed by atoms with Crippen molar-refractivity contribution in [2.24, 2.45) is 0 Å². The van der Waals surface area contributed by atoms with Crippen molar-refractivity contribution < 1.29 is 17.6 Å². The smallest absolute Gasteiger partial charge is 0.263 e. The molecule has 0 bridgehead atoms. The second-order valence-corrected chi connectivity index (χ2v) is 3.68. The van der Waals surface area contributed by atoms with Crippen LogP contribution in [0.4, 0.5) is 17.6 Å². The highest BCUT2D eigenvalue weighted by Gasteiger charge is 2.30. The Bertz CT molecular complexity index is 636. The Morgan fingerprint density at radius 1 is 1.05 bits per heavy atom. The molecule has 19 heavy (non-hydrogen) atoms. The van der Waals surface area contributed by atoms with Gasteiger partial charge in [0, 0.05) is 18.0 Å². The summed E-state index contributed by atoms with van der Waals surface area (Å²) in [7, 11) is 0. The number of hydrogen-bond acceptors (Lipinski definition) is 1. The maximum absolute atomic E-state index is 13.5. The number of rotatable bonds is 0. The summed E-state index contributed by atoms with van der Waals surface area (Å²) in [4.78, 5) is 3.82. The van der Waals surface area contributed by atoms with Crippen molar-refractivity contribution in [2.45, 2.75) is 6.18 Å². The minimum atomic E-state index is -4.56. The number of aromatic nitrogens is 1. The number of benzene rings is 1. The van der Waals surface area contributed by atoms with Crippen LogP contribution in [0.3, 0.4) is 0 Å². The fourth-order valence-electron chi connectivity index (χ4n) is 1.37. The van der Waals surface area contributed by atoms with Crippen molar-refractivity contribution in [3.63, 3.8) is 0 Å². The van der Waals surface area contributed by atoms with E-state index in [-0.39, 0.29) is 5.56 Å². The van der Waals surface area contributed by atoms with Crippen LogP contribution in [0, 0.1) is 17.7 Å². The highest BCUT2D eigenvalue weighted by molar-refractivity contribution is 5.43. The molecule has 1 nitrogen and oxygen atoms in total. The van der Waals surface area contributed by atoms with E-state index in [0.717, 1.165) is 12.1 Å². The van der Waals surface area contributed by atoms with Crippen LogP contribution in [0.25, 0.3) is 0 Å². The van der Waals surface area contributed by atoms with E-state index < -0.39 is 17.6 Å². The monoisotopic (exact) mass is 265 g/mol. The third-order valence-electron chi connectivity index (χ3n) is 2.30. The Hall–Kier alpha value is -2.35. The Labute approximate surface area is 106 Å². The molecule has 0 spiro atoms. The number of nitrogens with zero attached hydrogens (tertiary/aromatic N) is 1. The maximum Gasteiger partial charge on any atom is 0.416 e. The Balaban J connectivity index is 2.31. The number of hydrogen-bond donors (Lipinski definition) is 0. The Morgan fingerprint density at radius 3 is 2.42 bits per heavy atom. The van der Waals surface area contributed by atoms with E-state index in [1.165, 1.54) is 6.20 Å². The summed E-state index contributed by atoms with van der Waals surface area (Å²) in [5, 5.41) is 0. The molecule has 0 unspecified atom stereocenters. The van der Waals surface area contributed by atoms with Gasteiger partial charge in [-0.05, 0) is 30.3 Å². The molecule has 0 N–H and O–H groups in total. The third-order valence-corrected chi connectivity index (χ3v) is 2.30. The van der Waals surface area contributed by atoms with Gasteiger partial charge in [-0.15, -0.1) is 0 Å². The van der Waals surface area contributed by atoms with Gasteiger partial charge in [-0.3, -0.25) is 4.98 Å². The van der Waals surface area contributed by atoms with Crippen LogP contribution >= 0.6 is 0 Å². The van der Waals surface area contributed by atoms with Gasteiger partial charge in [0.25, 0.3) is 0 Å². The first-order valence-electron chi connectivity index (χ1n) is 5.25. The average Bonchev–Trinajstić information content (AvgIpc) is 2.37. The summed E-state index contributed by atoms with van der Waals surface area (Å²) in [6, 6.07) is 5.58. The van der Waals surface area contributed by atoms with Crippen LogP contribution in [-0.2, 0) is 6.18 Å². The van der Waals surface area contributed by atoms with E-state index in [1.54, 1.807) is 18.3 Å². The molecule has 0 saturated carbocycles. The zero-order valence-corrected chi connectivity index (χ0v) is 9.50. The standard InChI is InChI=1S/C14H7F4N/c15-13-8-12(14(16,17)18)6-5-11(13)4-3-10-2-1-7-19-9-10/h1-2,5-9H. The lowest BCUT2D eigenvalue weighted by Gasteiger charge is -2.06. The van der Waals surface area contributed by atoms with E-state index in [2.05, 4.69) is 16.8 Å². The predicted octanol–water partition coefficient (Wildman–Crippen LogP) is 3.64. The molecule has 0 fully saturated rings. The molecule has 1 heterocycles. The zero-order chi connectivity index (χ0) is 13.9. The molecule has 0 aliphatic carbocycles. The predicted molar refractivity (Wildman–Crippen MR) is 61.6 cm³/mol. The minimum absolute atomic E-state index is 0.0862. The van der Waals surface area contributed by atoms with Crippen molar-refractivity contribution >= 4 is 0 Å². The molecular formula is C14H7F4N. The molecule has 1 aromatic carbocycles. The number of alkyl halides is 3. The molecule has 0 radical (unpaired) electrons. The van der Waals surface area contributed by atoms with Crippen LogP contribution in [0.15, 0.2) is 42.7 Å². The number of pyridine rings is 1. The Morgan fingerprint density at radius 2 is 1.84 bits per heavy atom. The van der Waals surface area contributed by atoms with Crippen molar-refractivity contribution in [3.05, 3.63) is 65.2 Å². The largest absolute Gasteiger partial charge is 0.416 e. The quantitative estimate of drug-likeness (QED) is 0.523. The maximum atomic E-state index is 13.5. The van der Waals surface area contributed by atoms with Crippen molar-refractivity contribution in [1.82, 2.24) is 4.98 Å². The van der Waals surface area contributed by atoms with Crippen LogP contribution in [-0.4, -0.2) is 4.98 Å². The van der Waals surface area contributed by atoms with E-state index in [9.17, 15) is 17.6 Å². The van der Waals surface area contributed by atoms with E-state index in [4.69, 9.17) is 0 Å². The molecule has 96 valence electrons. The molecule has 0 atom stereocenters. The van der Waals surface area contributed by atoms with Crippen LogP contribution in [0.2, 0.25) is 0 Å². The van der Waals surface area contributed by atoms with Gasteiger partial charge < -0.3 is 0 Å². The topological polar surface area (TPSA) is 12.9 Å². The van der Waals surface area contributed by atoms with Gasteiger partial charge in [0.05, 0.1) is 11.1 Å². The van der Waals surface area contributed by atoms with Crippen LogP contribution in [0.5, 0.6) is 0 Å². The van der Waals surface area contributed by atoms with Gasteiger partial charge in [0.15, 0.2) is 0 Å². The fourth-order valence-corrected chi connectivity index (χ4v) is 1.37. The zero-order valence-electron chi connectivity index (χ0n) is 9.50. The molecule has 0 aliphatic heterocycles. The lowest BCUT2D eigenvalue weighted by molar-refractivity contribution is -0.137. The van der Waals surface area contributed by atoms with Crippen LogP contribution in [0.1, 0.15) is 16.7 Å². The summed E-state index contributed by atoms with van der Waals surface area (Å²) in [5.41, 5.74) is -0.560. The van der Waals surface area contributed by atoms with Gasteiger partial charge in [0.2, 0.25) is 0 Å². The first kappa shape index (κ1) is 13.1. The molecule has 5 heteroatoms. The second-order valence-electron chi connectivity index (χ2n) is 3.68. The van der Waals surface area contributed by atoms with E-state index in [1.807, 2.05) is 0 Å². The average molecular weight is 265 g/mol. The van der Waals surface area contributed by atoms with Gasteiger partial charge >= 0.3 is 6.18 Å². The van der Waals surface area contributed by atoms with Crippen LogP contribution < -0.4 is 0 Å². The molecule has 2 aromatic rings. The molecule has 0 amide bonds. The Kier molecular flexibility index (Phi) is 3.52. The lowest BCUT2D eigenvalue weighted by Crippen LogP contribution is -2.05. The van der Waals surface area contributed by atoms with Gasteiger partial charge in [-0.1, -0.05) is 11.8 Å². The van der Waals surface area contributed by atoms with Gasteiger partial charge in [-0.2, -0.15) is 13.2 Å². The normalized spacial score (nSPS) is 10.7. The van der Waals surface area contributed by atoms with Crippen molar-refractivity contribution in [2.75, 3.05) is 0 Å². The summed E-state index contributed by atoms with van der Waals surface area (Å²) in [5.74, 6) is 4.11. The minimum Gasteiger partial charge on any atom is -0.263 e. The fraction of sp³-hybridized carbons (Fsp3) is 0.0714. The second kappa shape index (κ2) is 5.11. The van der Waals surface area contributed by atoms with E-state index >= 15 is 0 Å². The third kappa shape index (κ3) is 3.32. The number of halogens is 4. The van der Waals surface area contributed by atoms with Crippen molar-refractivity contribution in [1.29, 1.82) is 0 Å². The summed E-state index contributed by atoms with van der Waals surface area (Å²) < 4.78 is 50.5. The summed E-state index contributed by atoms with van der Waals surface area (Å²) >= 11 is 0. The molecule has 0 saturated heterocycles. The molecular weight excluding hydrogens is 258 g/mol. The molecule has 2 rings (SSSR count). The van der Waals surface area contributed by atoms with Crippen molar-refractivity contribution in [3.8, 4) is 11.8 Å². The van der Waals surface area contributed by atoms with E-state index in [0.29, 0.717) is 11.6 Å². The highest BCUT2D eigenvalue weighted by Crippen LogP contribution is 2.30. The first-order chi connectivity index (χ1) is 8.97. The molecule has 1 aromatic heterocycles. The molecule has 0 aliphatic rings. The summed E-state index contributed by atoms with van der Waals surface area (Å²) in [6.07, 6.45) is -1.52. The first-order valence-corrected chi connectivity index (χ1v) is 5.25. The SMILES string of the molecule is Fc1cc(C(F)(F)F)ccc1C#Cc1cccnc1.